The summed E-state index contributed by atoms with van der Waals surface area (Å²) in [6, 6.07) is 61.1. The molecule has 0 spiro atoms. The van der Waals surface area contributed by atoms with Crippen molar-refractivity contribution in [2.24, 2.45) is 11.5 Å². The Hall–Kier alpha value is -5.16. The van der Waals surface area contributed by atoms with E-state index in [4.69, 9.17) is 11.5 Å². The van der Waals surface area contributed by atoms with E-state index < -0.39 is 0 Å². The van der Waals surface area contributed by atoms with Gasteiger partial charge in [-0.15, -0.1) is 0 Å². The topological polar surface area (TPSA) is 104 Å². The second-order valence-corrected chi connectivity index (χ2v) is 9.12. The molecule has 0 bridgehead atoms. The van der Waals surface area contributed by atoms with Gasteiger partial charge in [0.25, 0.3) is 0 Å². The molecule has 0 saturated carbocycles. The average Bonchev–Trinajstić information content (AvgIpc) is 3.51. The van der Waals surface area contributed by atoms with Crippen LogP contribution in [0.5, 0.6) is 0 Å². The van der Waals surface area contributed by atoms with Crippen LogP contribution in [0.4, 0.5) is 11.4 Å². The summed E-state index contributed by atoms with van der Waals surface area (Å²) in [7, 11) is 3.00. The monoisotopic (exact) mass is 975 g/mol. The molecule has 0 saturated heterocycles. The summed E-state index contributed by atoms with van der Waals surface area (Å²) >= 11 is 0. The molecule has 4 nitrogen and oxygen atoms in total. The van der Waals surface area contributed by atoms with E-state index in [9.17, 15) is 0 Å². The number of para-hydroxylation sites is 2. The van der Waals surface area contributed by atoms with Crippen LogP contribution in [0.2, 0.25) is 0 Å². The molecule has 6 rings (SSSR count). The Bertz CT molecular complexity index is 1230. The first-order chi connectivity index (χ1) is 34.7. The molecule has 6 aromatic rings. The van der Waals surface area contributed by atoms with Crippen LogP contribution in [0, 0.1) is 0 Å². The first-order valence-electron chi connectivity index (χ1n) is 27.6. The van der Waals surface area contributed by atoms with Crippen LogP contribution in [0.3, 0.4) is 0 Å². The first kappa shape index (κ1) is 98.3. The summed E-state index contributed by atoms with van der Waals surface area (Å²) in [5.41, 5.74) is 26.8. The highest BCUT2D eigenvalue weighted by molar-refractivity contribution is 5.36. The normalized spacial score (nSPS) is 6.66. The Kier molecular flexibility index (Phi) is 176. The predicted molar refractivity (Wildman–Crippen MR) is 341 cm³/mol. The third-order valence-corrected chi connectivity index (χ3v) is 5.79. The predicted octanol–water partition coefficient (Wildman–Crippen LogP) is 21.6. The minimum Gasteiger partial charge on any atom is -0.399 e. The van der Waals surface area contributed by atoms with Crippen molar-refractivity contribution in [1.29, 1.82) is 0 Å². The molecular weight excluding hydrogens is 849 g/mol. The maximum absolute atomic E-state index is 5.36. The Morgan fingerprint density at radius 2 is 0.286 bits per heavy atom. The Morgan fingerprint density at radius 3 is 0.371 bits per heavy atom. The number of nitrogens with two attached hydrogens (primary N) is 4. The minimum atomic E-state index is 0.822. The van der Waals surface area contributed by atoms with E-state index in [1.807, 2.05) is 241 Å². The van der Waals surface area contributed by atoms with Crippen LogP contribution < -0.4 is 22.9 Å². The number of rotatable bonds is 4. The molecule has 8 N–H and O–H groups in total. The third-order valence-electron chi connectivity index (χ3n) is 5.79. The maximum Gasteiger partial charge on any atom is 0.0313 e. The molecule has 70 heavy (non-hydrogen) atoms. The van der Waals surface area contributed by atoms with Gasteiger partial charge in [-0.2, -0.15) is 0 Å². The van der Waals surface area contributed by atoms with E-state index in [0.29, 0.717) is 0 Å². The molecule has 410 valence electrons. The van der Waals surface area contributed by atoms with E-state index in [2.05, 4.69) is 133 Å². The fraction of sp³-hybridized carbons (Fsp3) is 0.455. The number of nitrogen functional groups attached to an aromatic ring is 2. The van der Waals surface area contributed by atoms with E-state index in [-0.39, 0.29) is 0 Å². The maximum atomic E-state index is 5.36. The van der Waals surface area contributed by atoms with Crippen LogP contribution in [0.1, 0.15) is 202 Å². The molecule has 0 atom stereocenters. The molecular formula is C66H126N4. The molecule has 0 heterocycles. The van der Waals surface area contributed by atoms with Crippen LogP contribution in [0.25, 0.3) is 0 Å². The van der Waals surface area contributed by atoms with Gasteiger partial charge in [-0.1, -0.05) is 338 Å². The van der Waals surface area contributed by atoms with Crippen LogP contribution in [-0.2, 0) is 12.8 Å². The minimum absolute atomic E-state index is 0.822. The quantitative estimate of drug-likeness (QED) is 0.132. The van der Waals surface area contributed by atoms with E-state index in [0.717, 1.165) is 24.2 Å². The van der Waals surface area contributed by atoms with Gasteiger partial charge in [0.15, 0.2) is 0 Å². The lowest BCUT2D eigenvalue weighted by Gasteiger charge is -2.00. The Balaban J connectivity index is -0.0000000484. The summed E-state index contributed by atoms with van der Waals surface area (Å²) in [6.45, 7) is 52.0. The lowest BCUT2D eigenvalue weighted by molar-refractivity contribution is 1.19. The zero-order valence-corrected chi connectivity index (χ0v) is 52.0. The van der Waals surface area contributed by atoms with Gasteiger partial charge < -0.3 is 22.9 Å². The lowest BCUT2D eigenvalue weighted by Crippen LogP contribution is -1.85. The van der Waals surface area contributed by atoms with Crippen molar-refractivity contribution in [2.45, 2.75) is 193 Å². The standard InChI is InChI=1S/2C13H12.2C6H7N.13C2H6.2CH5N/c2*1-3-7-12(8-4-1)11-13-9-5-2-6-10-13;2*7-6-4-2-1-3-5-6;15*1-2/h2*1-10H,11H2;2*1-5H,7H2;13*1-2H3;2*2H2,1H3. The fourth-order valence-electron chi connectivity index (χ4n) is 3.76. The molecule has 0 aromatic heterocycles. The number of benzene rings is 6. The van der Waals surface area contributed by atoms with Gasteiger partial charge in [-0.05, 0) is 73.5 Å². The van der Waals surface area contributed by atoms with Crippen molar-refractivity contribution >= 4 is 11.4 Å². The highest BCUT2D eigenvalue weighted by Gasteiger charge is 1.93. The van der Waals surface area contributed by atoms with E-state index >= 15 is 0 Å². The van der Waals surface area contributed by atoms with Gasteiger partial charge in [0.2, 0.25) is 0 Å². The zero-order valence-electron chi connectivity index (χ0n) is 52.0. The lowest BCUT2D eigenvalue weighted by atomic mass is 10.1. The van der Waals surface area contributed by atoms with Crippen molar-refractivity contribution < 1.29 is 0 Å². The Labute approximate surface area is 443 Å². The van der Waals surface area contributed by atoms with Crippen molar-refractivity contribution in [1.82, 2.24) is 0 Å². The van der Waals surface area contributed by atoms with Crippen LogP contribution in [-0.4, -0.2) is 14.1 Å². The molecule has 0 radical (unpaired) electrons. The van der Waals surface area contributed by atoms with Gasteiger partial charge >= 0.3 is 0 Å². The fourth-order valence-corrected chi connectivity index (χ4v) is 3.76. The SMILES string of the molecule is CC.CC.CC.CC.CC.CC.CC.CC.CC.CC.CC.CC.CC.CN.CN.Nc1ccccc1.Nc1ccccc1.c1ccc(Cc2ccccc2)cc1.c1ccc(Cc2ccccc2)cc1. The summed E-state index contributed by atoms with van der Waals surface area (Å²) in [4.78, 5) is 0. The third kappa shape index (κ3) is 93.0. The second-order valence-electron chi connectivity index (χ2n) is 9.12. The summed E-state index contributed by atoms with van der Waals surface area (Å²) in [5.74, 6) is 0. The molecule has 0 amide bonds. The molecule has 4 heteroatoms. The second kappa shape index (κ2) is 125. The number of hydrogen-bond donors (Lipinski definition) is 4. The highest BCUT2D eigenvalue weighted by atomic mass is 14.5. The molecule has 0 aliphatic rings. The van der Waals surface area contributed by atoms with Crippen molar-refractivity contribution in [2.75, 3.05) is 25.6 Å². The van der Waals surface area contributed by atoms with Gasteiger partial charge in [-0.3, -0.25) is 0 Å². The summed E-state index contributed by atoms with van der Waals surface area (Å²) in [6.07, 6.45) is 2.06. The highest BCUT2D eigenvalue weighted by Crippen LogP contribution is 2.09. The molecule has 0 fully saturated rings. The van der Waals surface area contributed by atoms with Gasteiger partial charge in [0.05, 0.1) is 0 Å². The largest absolute Gasteiger partial charge is 0.399 e. The summed E-state index contributed by atoms with van der Waals surface area (Å²) < 4.78 is 0. The zero-order chi connectivity index (χ0) is 58.1. The number of hydrogen-bond acceptors (Lipinski definition) is 4. The van der Waals surface area contributed by atoms with Crippen LogP contribution in [0.15, 0.2) is 182 Å². The van der Waals surface area contributed by atoms with Crippen molar-refractivity contribution in [3.05, 3.63) is 204 Å². The van der Waals surface area contributed by atoms with E-state index in [1.54, 1.807) is 0 Å². The Morgan fingerprint density at radius 1 is 0.186 bits per heavy atom. The smallest absolute Gasteiger partial charge is 0.0313 e. The molecule has 6 aromatic carbocycles. The first-order valence-corrected chi connectivity index (χ1v) is 27.6. The van der Waals surface area contributed by atoms with Crippen molar-refractivity contribution in [3.63, 3.8) is 0 Å². The molecule has 0 aliphatic carbocycles. The number of anilines is 2. The molecule has 0 unspecified atom stereocenters. The van der Waals surface area contributed by atoms with Gasteiger partial charge in [0.1, 0.15) is 0 Å². The summed E-state index contributed by atoms with van der Waals surface area (Å²) in [5, 5.41) is 0. The molecule has 0 aliphatic heterocycles. The van der Waals surface area contributed by atoms with E-state index in [1.165, 1.54) is 36.3 Å². The van der Waals surface area contributed by atoms with Gasteiger partial charge in [-0.25, -0.2) is 0 Å². The van der Waals surface area contributed by atoms with Crippen molar-refractivity contribution in [3.8, 4) is 0 Å². The average molecular weight is 976 g/mol. The van der Waals surface area contributed by atoms with Gasteiger partial charge in [0, 0.05) is 11.4 Å². The van der Waals surface area contributed by atoms with Crippen LogP contribution >= 0.6 is 0 Å².